The molecule has 0 spiro atoms. The van der Waals surface area contributed by atoms with Gasteiger partial charge in [-0.25, -0.2) is 0 Å². The summed E-state index contributed by atoms with van der Waals surface area (Å²) < 4.78 is 0.835. The van der Waals surface area contributed by atoms with E-state index in [0.29, 0.717) is 18.0 Å². The molecule has 2 heterocycles. The number of carbonyl (C=O) groups excluding carboxylic acids is 2. The number of halogens is 1. The molecule has 6 heteroatoms. The first-order valence-electron chi connectivity index (χ1n) is 8.97. The van der Waals surface area contributed by atoms with Crippen LogP contribution in [-0.4, -0.2) is 35.8 Å². The molecule has 1 atom stereocenters. The van der Waals surface area contributed by atoms with Crippen LogP contribution in [0.2, 0.25) is 0 Å². The zero-order chi connectivity index (χ0) is 18.5. The maximum absolute atomic E-state index is 12.9. The summed E-state index contributed by atoms with van der Waals surface area (Å²) in [7, 11) is 0. The highest BCUT2D eigenvalue weighted by molar-refractivity contribution is 9.10. The highest BCUT2D eigenvalue weighted by atomic mass is 79.9. The highest BCUT2D eigenvalue weighted by Crippen LogP contribution is 2.25. The van der Waals surface area contributed by atoms with E-state index in [0.717, 1.165) is 29.3 Å². The number of likely N-dealkylation sites (tertiary alicyclic amines) is 1. The third-order valence-corrected chi connectivity index (χ3v) is 6.71. The van der Waals surface area contributed by atoms with E-state index in [1.165, 1.54) is 11.3 Å². The van der Waals surface area contributed by atoms with Crippen molar-refractivity contribution in [2.24, 2.45) is 0 Å². The van der Waals surface area contributed by atoms with E-state index in [2.05, 4.69) is 28.2 Å². The smallest absolute Gasteiger partial charge is 0.262 e. The molecule has 0 radical (unpaired) electrons. The van der Waals surface area contributed by atoms with Gasteiger partial charge in [0.25, 0.3) is 5.91 Å². The molecule has 2 amide bonds. The molecule has 1 aromatic heterocycles. The van der Waals surface area contributed by atoms with Crippen molar-refractivity contribution in [3.8, 4) is 0 Å². The van der Waals surface area contributed by atoms with Gasteiger partial charge in [-0.2, -0.15) is 0 Å². The predicted molar refractivity (Wildman–Crippen MR) is 109 cm³/mol. The summed E-state index contributed by atoms with van der Waals surface area (Å²) in [6.07, 6.45) is 2.39. The zero-order valence-electron chi connectivity index (χ0n) is 14.8. The lowest BCUT2D eigenvalue weighted by Crippen LogP contribution is -2.47. The van der Waals surface area contributed by atoms with E-state index >= 15 is 0 Å². The second-order valence-corrected chi connectivity index (χ2v) is 8.31. The van der Waals surface area contributed by atoms with E-state index in [9.17, 15) is 9.59 Å². The normalized spacial score (nSPS) is 16.3. The van der Waals surface area contributed by atoms with Gasteiger partial charge in [0, 0.05) is 23.6 Å². The van der Waals surface area contributed by atoms with Crippen molar-refractivity contribution in [3.05, 3.63) is 56.7 Å². The fourth-order valence-electron chi connectivity index (χ4n) is 3.41. The SMILES string of the molecule is CCC(C(=O)N1CCC(NC(=O)c2sccc2Br)CC1)c1ccccc1. The van der Waals surface area contributed by atoms with Crippen molar-refractivity contribution < 1.29 is 9.59 Å². The van der Waals surface area contributed by atoms with Gasteiger partial charge in [0.15, 0.2) is 0 Å². The lowest BCUT2D eigenvalue weighted by molar-refractivity contribution is -0.134. The molecule has 0 aliphatic carbocycles. The third kappa shape index (κ3) is 4.35. The van der Waals surface area contributed by atoms with Crippen molar-refractivity contribution in [2.75, 3.05) is 13.1 Å². The number of nitrogens with zero attached hydrogens (tertiary/aromatic N) is 1. The topological polar surface area (TPSA) is 49.4 Å². The molecule has 1 N–H and O–H groups in total. The van der Waals surface area contributed by atoms with Crippen LogP contribution in [0.5, 0.6) is 0 Å². The Hall–Kier alpha value is -1.66. The number of hydrogen-bond acceptors (Lipinski definition) is 3. The molecule has 1 saturated heterocycles. The maximum atomic E-state index is 12.9. The number of rotatable bonds is 5. The van der Waals surface area contributed by atoms with Gasteiger partial charge in [0.1, 0.15) is 4.88 Å². The monoisotopic (exact) mass is 434 g/mol. The Kier molecular flexibility index (Phi) is 6.48. The summed E-state index contributed by atoms with van der Waals surface area (Å²) in [5.74, 6) is 0.0845. The molecule has 1 unspecified atom stereocenters. The molecule has 0 saturated carbocycles. The minimum absolute atomic E-state index is 0.0348. The van der Waals surface area contributed by atoms with E-state index in [1.807, 2.05) is 46.7 Å². The Morgan fingerprint density at radius 1 is 1.23 bits per heavy atom. The first kappa shape index (κ1) is 19.1. The molecular weight excluding hydrogens is 412 g/mol. The van der Waals surface area contributed by atoms with Gasteiger partial charge < -0.3 is 10.2 Å². The molecule has 0 bridgehead atoms. The first-order chi connectivity index (χ1) is 12.6. The molecule has 138 valence electrons. The van der Waals surface area contributed by atoms with E-state index in [1.54, 1.807) is 0 Å². The van der Waals surface area contributed by atoms with Crippen LogP contribution in [0.15, 0.2) is 46.3 Å². The first-order valence-corrected chi connectivity index (χ1v) is 10.6. The molecule has 1 fully saturated rings. The Balaban J connectivity index is 1.55. The van der Waals surface area contributed by atoms with Crippen LogP contribution in [0, 0.1) is 0 Å². The molecule has 1 aliphatic rings. The van der Waals surface area contributed by atoms with Crippen LogP contribution in [0.3, 0.4) is 0 Å². The van der Waals surface area contributed by atoms with Gasteiger partial charge in [0.05, 0.1) is 5.92 Å². The van der Waals surface area contributed by atoms with E-state index < -0.39 is 0 Å². The second kappa shape index (κ2) is 8.82. The van der Waals surface area contributed by atoms with Gasteiger partial charge in [-0.15, -0.1) is 11.3 Å². The van der Waals surface area contributed by atoms with Crippen molar-refractivity contribution in [3.63, 3.8) is 0 Å². The number of nitrogens with one attached hydrogen (secondary N) is 1. The third-order valence-electron chi connectivity index (χ3n) is 4.87. The van der Waals surface area contributed by atoms with Gasteiger partial charge in [-0.1, -0.05) is 37.3 Å². The van der Waals surface area contributed by atoms with Crippen molar-refractivity contribution in [1.82, 2.24) is 10.2 Å². The number of thiophene rings is 1. The van der Waals surface area contributed by atoms with Gasteiger partial charge in [-0.3, -0.25) is 9.59 Å². The summed E-state index contributed by atoms with van der Waals surface area (Å²) in [6, 6.07) is 12.0. The lowest BCUT2D eigenvalue weighted by Gasteiger charge is -2.34. The average Bonchev–Trinajstić information content (AvgIpc) is 3.10. The van der Waals surface area contributed by atoms with Crippen molar-refractivity contribution in [2.45, 2.75) is 38.1 Å². The largest absolute Gasteiger partial charge is 0.348 e. The van der Waals surface area contributed by atoms with E-state index in [-0.39, 0.29) is 23.8 Å². The fourth-order valence-corrected chi connectivity index (χ4v) is 4.86. The maximum Gasteiger partial charge on any atom is 0.262 e. The van der Waals surface area contributed by atoms with Crippen LogP contribution in [0.4, 0.5) is 0 Å². The van der Waals surface area contributed by atoms with Gasteiger partial charge >= 0.3 is 0 Å². The van der Waals surface area contributed by atoms with Crippen molar-refractivity contribution in [1.29, 1.82) is 0 Å². The molecule has 4 nitrogen and oxygen atoms in total. The summed E-state index contributed by atoms with van der Waals surface area (Å²) in [5.41, 5.74) is 1.08. The minimum Gasteiger partial charge on any atom is -0.348 e. The highest BCUT2D eigenvalue weighted by Gasteiger charge is 2.29. The summed E-state index contributed by atoms with van der Waals surface area (Å²) in [6.45, 7) is 3.44. The minimum atomic E-state index is -0.0792. The van der Waals surface area contributed by atoms with Crippen LogP contribution in [-0.2, 0) is 4.79 Å². The van der Waals surface area contributed by atoms with Gasteiger partial charge in [0.2, 0.25) is 5.91 Å². The second-order valence-electron chi connectivity index (χ2n) is 6.54. The van der Waals surface area contributed by atoms with Crippen molar-refractivity contribution >= 4 is 39.1 Å². The Labute approximate surface area is 166 Å². The average molecular weight is 435 g/mol. The Bertz CT molecular complexity index is 754. The standard InChI is InChI=1S/C20H23BrN2O2S/c1-2-16(14-6-4-3-5-7-14)20(25)23-11-8-15(9-12-23)22-19(24)18-17(21)10-13-26-18/h3-7,10,13,15-16H,2,8-9,11-12H2,1H3,(H,22,24). The molecular formula is C20H23BrN2O2S. The fraction of sp³-hybridized carbons (Fsp3) is 0.400. The summed E-state index contributed by atoms with van der Waals surface area (Å²) in [5, 5.41) is 5.00. The Morgan fingerprint density at radius 3 is 2.50 bits per heavy atom. The van der Waals surface area contributed by atoms with Crippen LogP contribution < -0.4 is 5.32 Å². The predicted octanol–water partition coefficient (Wildman–Crippen LogP) is 4.43. The molecule has 26 heavy (non-hydrogen) atoms. The quantitative estimate of drug-likeness (QED) is 0.756. The number of carbonyl (C=O) groups is 2. The summed E-state index contributed by atoms with van der Waals surface area (Å²) in [4.78, 5) is 27.9. The number of benzene rings is 1. The van der Waals surface area contributed by atoms with Crippen LogP contribution in [0.1, 0.15) is 47.3 Å². The molecule has 2 aromatic rings. The Morgan fingerprint density at radius 2 is 1.92 bits per heavy atom. The lowest BCUT2D eigenvalue weighted by atomic mass is 9.93. The number of piperidine rings is 1. The molecule has 1 aliphatic heterocycles. The summed E-state index contributed by atoms with van der Waals surface area (Å²) >= 11 is 4.84. The molecule has 1 aromatic carbocycles. The van der Waals surface area contributed by atoms with E-state index in [4.69, 9.17) is 0 Å². The van der Waals surface area contributed by atoms with Gasteiger partial charge in [-0.05, 0) is 52.2 Å². The van der Waals surface area contributed by atoms with Crippen LogP contribution >= 0.6 is 27.3 Å². The van der Waals surface area contributed by atoms with Crippen LogP contribution in [0.25, 0.3) is 0 Å². The zero-order valence-corrected chi connectivity index (χ0v) is 17.2. The number of hydrogen-bond donors (Lipinski definition) is 1. The number of amides is 2. The molecule has 3 rings (SSSR count).